The van der Waals surface area contributed by atoms with Crippen molar-refractivity contribution >= 4 is 12.0 Å². The van der Waals surface area contributed by atoms with E-state index in [-0.39, 0.29) is 19.1 Å². The lowest BCUT2D eigenvalue weighted by Crippen LogP contribution is -2.48. The topological polar surface area (TPSA) is 81.1 Å². The van der Waals surface area contributed by atoms with E-state index in [1.165, 1.54) is 9.80 Å². The molecule has 18 heavy (non-hydrogen) atoms. The Labute approximate surface area is 108 Å². The third kappa shape index (κ3) is 5.86. The van der Waals surface area contributed by atoms with Crippen molar-refractivity contribution in [3.63, 3.8) is 0 Å². The molecule has 0 aliphatic carbocycles. The molecule has 1 unspecified atom stereocenters. The van der Waals surface area contributed by atoms with E-state index in [4.69, 9.17) is 5.11 Å². The third-order valence-corrected chi connectivity index (χ3v) is 2.52. The fourth-order valence-electron chi connectivity index (χ4n) is 1.64. The van der Waals surface area contributed by atoms with Crippen LogP contribution in [0.5, 0.6) is 0 Å². The number of carboxylic acid groups (broad SMARTS) is 1. The minimum Gasteiger partial charge on any atom is -0.481 e. The normalized spacial score (nSPS) is 13.0. The van der Waals surface area contributed by atoms with Crippen LogP contribution in [0.15, 0.2) is 0 Å². The van der Waals surface area contributed by atoms with Gasteiger partial charge in [-0.1, -0.05) is 6.92 Å². The molecule has 0 heterocycles. The minimum absolute atomic E-state index is 0.168. The summed E-state index contributed by atoms with van der Waals surface area (Å²) in [7, 11) is 1.59. The largest absolute Gasteiger partial charge is 0.481 e. The quantitative estimate of drug-likeness (QED) is 0.742. The Kier molecular flexibility index (Phi) is 6.11. The number of likely N-dealkylation sites (N-methyl/N-ethyl adjacent to an activating group) is 1. The third-order valence-electron chi connectivity index (χ3n) is 2.52. The monoisotopic (exact) mass is 260 g/mol. The predicted octanol–water partition coefficient (Wildman–Crippen LogP) is 0.852. The van der Waals surface area contributed by atoms with E-state index in [0.29, 0.717) is 6.54 Å². The van der Waals surface area contributed by atoms with E-state index in [1.54, 1.807) is 34.7 Å². The van der Waals surface area contributed by atoms with Gasteiger partial charge in [0.05, 0.1) is 18.1 Å². The molecule has 0 rings (SSSR count). The molecule has 0 saturated carbocycles. The molecule has 0 radical (unpaired) electrons. The number of carbonyl (C=O) groups excluding carboxylic acids is 1. The Bertz CT molecular complexity index is 299. The molecule has 0 aromatic rings. The Morgan fingerprint density at radius 3 is 2.17 bits per heavy atom. The molecule has 1 atom stereocenters. The summed E-state index contributed by atoms with van der Waals surface area (Å²) in [5.74, 6) is -1.53. The highest BCUT2D eigenvalue weighted by Gasteiger charge is 2.25. The van der Waals surface area contributed by atoms with Crippen molar-refractivity contribution in [3.05, 3.63) is 0 Å². The Balaban J connectivity index is 4.56. The Morgan fingerprint density at radius 1 is 1.33 bits per heavy atom. The molecule has 0 aliphatic rings. The number of hydrogen-bond donors (Lipinski definition) is 2. The molecule has 0 aromatic carbocycles. The van der Waals surface area contributed by atoms with Gasteiger partial charge in [-0.05, 0) is 20.8 Å². The zero-order chi connectivity index (χ0) is 14.5. The first-order chi connectivity index (χ1) is 8.08. The molecule has 2 N–H and O–H groups in total. The number of hydrogen-bond acceptors (Lipinski definition) is 3. The summed E-state index contributed by atoms with van der Waals surface area (Å²) in [6.45, 7) is 7.40. The van der Waals surface area contributed by atoms with Gasteiger partial charge in [0.15, 0.2) is 0 Å². The lowest BCUT2D eigenvalue weighted by molar-refractivity contribution is -0.141. The van der Waals surface area contributed by atoms with Gasteiger partial charge in [-0.3, -0.25) is 4.79 Å². The summed E-state index contributed by atoms with van der Waals surface area (Å²) >= 11 is 0. The number of carbonyl (C=O) groups is 2. The fourth-order valence-corrected chi connectivity index (χ4v) is 1.64. The molecule has 0 aliphatic heterocycles. The second kappa shape index (κ2) is 6.58. The molecule has 0 fully saturated rings. The average Bonchev–Trinajstić information content (AvgIpc) is 2.21. The number of urea groups is 1. The zero-order valence-corrected chi connectivity index (χ0v) is 11.8. The van der Waals surface area contributed by atoms with Crippen LogP contribution in [0, 0.1) is 5.92 Å². The Morgan fingerprint density at radius 2 is 1.83 bits per heavy atom. The van der Waals surface area contributed by atoms with Gasteiger partial charge in [0.25, 0.3) is 0 Å². The highest BCUT2D eigenvalue weighted by Crippen LogP contribution is 2.08. The van der Waals surface area contributed by atoms with Gasteiger partial charge in [-0.2, -0.15) is 0 Å². The van der Waals surface area contributed by atoms with Crippen molar-refractivity contribution in [3.8, 4) is 0 Å². The smallest absolute Gasteiger partial charge is 0.319 e. The summed E-state index contributed by atoms with van der Waals surface area (Å²) < 4.78 is 0. The molecule has 106 valence electrons. The van der Waals surface area contributed by atoms with Gasteiger partial charge in [0.1, 0.15) is 0 Å². The summed E-state index contributed by atoms with van der Waals surface area (Å²) in [6, 6.07) is -0.271. The second-order valence-electron chi connectivity index (χ2n) is 5.23. The maximum atomic E-state index is 12.1. The average molecular weight is 260 g/mol. The summed E-state index contributed by atoms with van der Waals surface area (Å²) in [6.07, 6.45) is 0. The van der Waals surface area contributed by atoms with Crippen LogP contribution in [-0.2, 0) is 4.79 Å². The van der Waals surface area contributed by atoms with Gasteiger partial charge in [0, 0.05) is 20.1 Å². The number of nitrogens with zero attached hydrogens (tertiary/aromatic N) is 2. The van der Waals surface area contributed by atoms with Crippen molar-refractivity contribution in [2.45, 2.75) is 33.3 Å². The van der Waals surface area contributed by atoms with Gasteiger partial charge in [0.2, 0.25) is 0 Å². The van der Waals surface area contributed by atoms with Crippen LogP contribution >= 0.6 is 0 Å². The number of aliphatic hydroxyl groups is 1. The summed E-state index contributed by atoms with van der Waals surface area (Å²) in [4.78, 5) is 25.7. The standard InChI is InChI=1S/C12H24N2O4/c1-6-14(7-9(2)10(15)16)11(17)13(5)8-12(3,4)18/h9,18H,6-8H2,1-5H3,(H,15,16). The first-order valence-electron chi connectivity index (χ1n) is 6.03. The fraction of sp³-hybridized carbons (Fsp3) is 0.833. The van der Waals surface area contributed by atoms with Gasteiger partial charge >= 0.3 is 12.0 Å². The maximum absolute atomic E-state index is 12.1. The van der Waals surface area contributed by atoms with Crippen LogP contribution in [-0.4, -0.2) is 64.3 Å². The predicted molar refractivity (Wildman–Crippen MR) is 68.4 cm³/mol. The van der Waals surface area contributed by atoms with Gasteiger partial charge < -0.3 is 20.0 Å². The van der Waals surface area contributed by atoms with Crippen LogP contribution in [0.2, 0.25) is 0 Å². The second-order valence-corrected chi connectivity index (χ2v) is 5.23. The SMILES string of the molecule is CCN(CC(C)C(=O)O)C(=O)N(C)CC(C)(C)O. The number of aliphatic carboxylic acids is 1. The molecule has 6 nitrogen and oxygen atoms in total. The van der Waals surface area contributed by atoms with E-state index in [0.717, 1.165) is 0 Å². The van der Waals surface area contributed by atoms with Crippen LogP contribution in [0.4, 0.5) is 4.79 Å². The first-order valence-corrected chi connectivity index (χ1v) is 6.03. The van der Waals surface area contributed by atoms with Gasteiger partial charge in [-0.15, -0.1) is 0 Å². The number of amides is 2. The van der Waals surface area contributed by atoms with Crippen molar-refractivity contribution in [1.29, 1.82) is 0 Å². The van der Waals surface area contributed by atoms with E-state index < -0.39 is 17.5 Å². The van der Waals surface area contributed by atoms with Crippen molar-refractivity contribution in [2.75, 3.05) is 26.7 Å². The highest BCUT2D eigenvalue weighted by atomic mass is 16.4. The van der Waals surface area contributed by atoms with E-state index >= 15 is 0 Å². The first kappa shape index (κ1) is 16.7. The lowest BCUT2D eigenvalue weighted by atomic mass is 10.1. The summed E-state index contributed by atoms with van der Waals surface area (Å²) in [5, 5.41) is 18.5. The lowest BCUT2D eigenvalue weighted by Gasteiger charge is -2.31. The van der Waals surface area contributed by atoms with Crippen LogP contribution in [0.25, 0.3) is 0 Å². The molecule has 0 spiro atoms. The van der Waals surface area contributed by atoms with E-state index in [2.05, 4.69) is 0 Å². The van der Waals surface area contributed by atoms with E-state index in [9.17, 15) is 14.7 Å². The van der Waals surface area contributed by atoms with Crippen molar-refractivity contribution < 1.29 is 19.8 Å². The van der Waals surface area contributed by atoms with E-state index in [1.807, 2.05) is 0 Å². The molecular weight excluding hydrogens is 236 g/mol. The van der Waals surface area contributed by atoms with Crippen LogP contribution in [0.3, 0.4) is 0 Å². The zero-order valence-electron chi connectivity index (χ0n) is 11.8. The molecule has 0 saturated heterocycles. The molecule has 6 heteroatoms. The van der Waals surface area contributed by atoms with Crippen molar-refractivity contribution in [2.24, 2.45) is 5.92 Å². The van der Waals surface area contributed by atoms with Crippen molar-refractivity contribution in [1.82, 2.24) is 9.80 Å². The molecular formula is C12H24N2O4. The van der Waals surface area contributed by atoms with Crippen LogP contribution < -0.4 is 0 Å². The minimum atomic E-state index is -0.970. The molecule has 0 bridgehead atoms. The summed E-state index contributed by atoms with van der Waals surface area (Å²) in [5.41, 5.74) is -0.970. The molecule has 0 aromatic heterocycles. The maximum Gasteiger partial charge on any atom is 0.319 e. The Hall–Kier alpha value is -1.30. The molecule has 2 amide bonds. The number of carboxylic acids is 1. The van der Waals surface area contributed by atoms with Gasteiger partial charge in [-0.25, -0.2) is 4.79 Å². The highest BCUT2D eigenvalue weighted by molar-refractivity contribution is 5.76. The number of rotatable bonds is 6. The van der Waals surface area contributed by atoms with Crippen LogP contribution in [0.1, 0.15) is 27.7 Å².